The summed E-state index contributed by atoms with van der Waals surface area (Å²) in [7, 11) is 0. The van der Waals surface area contributed by atoms with Gasteiger partial charge in [-0.3, -0.25) is 0 Å². The predicted octanol–water partition coefficient (Wildman–Crippen LogP) is 13.4. The molecule has 5 nitrogen and oxygen atoms in total. The number of anilines is 3. The van der Waals surface area contributed by atoms with Crippen LogP contribution in [0.5, 0.6) is 0 Å². The van der Waals surface area contributed by atoms with Crippen molar-refractivity contribution < 1.29 is 0 Å². The average Bonchev–Trinajstić information content (AvgIpc) is 3.04. The molecule has 0 aliphatic rings. The van der Waals surface area contributed by atoms with E-state index in [1.807, 2.05) is 24.3 Å². The fraction of sp³-hybridized carbons (Fsp3) is 0.526. The van der Waals surface area contributed by atoms with Gasteiger partial charge < -0.3 is 25.3 Å². The first kappa shape index (κ1) is 51.0. The van der Waals surface area contributed by atoms with E-state index in [1.165, 1.54) is 17.1 Å². The van der Waals surface area contributed by atoms with Gasteiger partial charge in [0.15, 0.2) is 0 Å². The Hall–Kier alpha value is -0.140. The lowest BCUT2D eigenvalue weighted by molar-refractivity contribution is 0.762. The molecule has 280 valence electrons. The first-order chi connectivity index (χ1) is 23.3. The lowest BCUT2D eigenvalue weighted by atomic mass is 10.2. The quantitative estimate of drug-likeness (QED) is 0.178. The molecule has 0 amide bonds. The van der Waals surface area contributed by atoms with E-state index in [-0.39, 0.29) is 0 Å². The van der Waals surface area contributed by atoms with Crippen LogP contribution in [-0.4, -0.2) is 65.4 Å². The van der Waals surface area contributed by atoms with Gasteiger partial charge >= 0.3 is 0 Å². The molecule has 3 aromatic rings. The third kappa shape index (κ3) is 24.7. The van der Waals surface area contributed by atoms with Crippen molar-refractivity contribution in [3.8, 4) is 0 Å². The number of benzene rings is 3. The molecule has 0 aliphatic carbocycles. The third-order valence-electron chi connectivity index (χ3n) is 6.93. The number of rotatable bonds is 13. The second-order valence-corrected chi connectivity index (χ2v) is 15.8. The highest BCUT2D eigenvalue weighted by Gasteiger charge is 2.08. The lowest BCUT2D eigenvalue weighted by Crippen LogP contribution is -2.24. The molecule has 3 aromatic carbocycles. The summed E-state index contributed by atoms with van der Waals surface area (Å²) in [6, 6.07) is 19.0. The maximum atomic E-state index is 3.61. The zero-order chi connectivity index (χ0) is 37.8. The molecule has 0 aliphatic heterocycles. The van der Waals surface area contributed by atoms with Gasteiger partial charge in [-0.2, -0.15) is 0 Å². The van der Waals surface area contributed by atoms with Gasteiger partial charge in [0.25, 0.3) is 0 Å². The molecule has 0 heterocycles. The number of halogens is 6. The smallest absolute Gasteiger partial charge is 0.0398 e. The summed E-state index contributed by atoms with van der Waals surface area (Å²) in [4.78, 5) is 7.06. The van der Waals surface area contributed by atoms with E-state index in [2.05, 4.69) is 220 Å². The summed E-state index contributed by atoms with van der Waals surface area (Å²) in [6.07, 6.45) is 0. The number of nitrogens with zero attached hydrogens (tertiary/aromatic N) is 3. The molecule has 3 rings (SSSR count). The lowest BCUT2D eigenvalue weighted by Gasteiger charge is -2.26. The molecule has 0 spiro atoms. The van der Waals surface area contributed by atoms with Crippen LogP contribution in [0.15, 0.2) is 81.4 Å². The van der Waals surface area contributed by atoms with Gasteiger partial charge in [0.2, 0.25) is 0 Å². The molecule has 0 radical (unpaired) electrons. The molecule has 11 heteroatoms. The Morgan fingerprint density at radius 3 is 0.694 bits per heavy atom. The minimum Gasteiger partial charge on any atom is -0.372 e. The van der Waals surface area contributed by atoms with Crippen molar-refractivity contribution >= 4 is 113 Å². The van der Waals surface area contributed by atoms with E-state index in [4.69, 9.17) is 0 Å². The highest BCUT2D eigenvalue weighted by atomic mass is 79.9. The van der Waals surface area contributed by atoms with Crippen molar-refractivity contribution in [2.45, 2.75) is 69.2 Å². The first-order valence-electron chi connectivity index (χ1n) is 17.4. The van der Waals surface area contributed by atoms with Crippen molar-refractivity contribution in [1.82, 2.24) is 10.6 Å². The molecule has 0 bridgehead atoms. The largest absolute Gasteiger partial charge is 0.372 e. The van der Waals surface area contributed by atoms with Crippen molar-refractivity contribution in [2.24, 2.45) is 0 Å². The second kappa shape index (κ2) is 32.5. The van der Waals surface area contributed by atoms with Gasteiger partial charge in [-0.25, -0.2) is 0 Å². The van der Waals surface area contributed by atoms with Crippen LogP contribution < -0.4 is 25.3 Å². The summed E-state index contributed by atoms with van der Waals surface area (Å²) in [5.74, 6) is 0. The van der Waals surface area contributed by atoms with Gasteiger partial charge in [0.1, 0.15) is 0 Å². The Bertz CT molecular complexity index is 1120. The van der Waals surface area contributed by atoms with Crippen molar-refractivity contribution in [3.63, 3.8) is 0 Å². The summed E-state index contributed by atoms with van der Waals surface area (Å²) < 4.78 is 6.60. The number of hydrogen-bond acceptors (Lipinski definition) is 5. The normalized spacial score (nSPS) is 9.80. The van der Waals surface area contributed by atoms with E-state index < -0.39 is 0 Å². The monoisotopic (exact) mass is 1060 g/mol. The van der Waals surface area contributed by atoms with Crippen LogP contribution in [0.4, 0.5) is 17.1 Å². The van der Waals surface area contributed by atoms with Gasteiger partial charge in [0.05, 0.1) is 0 Å². The molecule has 0 fully saturated rings. The SMILES string of the molecule is Brc1cc(Br)cc(Br)c1.CCN(CC)c1cc(Br)cc(Br)c1.CCN(CC)c1cc(Br)cc(N(CC)CC)c1.CCNCC.CCNCC. The fourth-order valence-electron chi connectivity index (χ4n) is 4.43. The van der Waals surface area contributed by atoms with Crippen molar-refractivity contribution in [3.05, 3.63) is 81.4 Å². The van der Waals surface area contributed by atoms with E-state index in [9.17, 15) is 0 Å². The molecule has 0 aromatic heterocycles. The minimum atomic E-state index is 1.04. The highest BCUT2D eigenvalue weighted by molar-refractivity contribution is 9.12. The predicted molar refractivity (Wildman–Crippen MR) is 245 cm³/mol. The molecule has 2 N–H and O–H groups in total. The van der Waals surface area contributed by atoms with Crippen LogP contribution in [0.25, 0.3) is 0 Å². The van der Waals surface area contributed by atoms with Crippen LogP contribution >= 0.6 is 95.6 Å². The Kier molecular flexibility index (Phi) is 33.8. The minimum absolute atomic E-state index is 1.04. The van der Waals surface area contributed by atoms with Crippen LogP contribution in [-0.2, 0) is 0 Å². The summed E-state index contributed by atoms with van der Waals surface area (Å²) in [5.41, 5.74) is 3.85. The Labute approximate surface area is 350 Å². The van der Waals surface area contributed by atoms with Crippen LogP contribution in [0.1, 0.15) is 69.2 Å². The van der Waals surface area contributed by atoms with Gasteiger partial charge in [-0.15, -0.1) is 0 Å². The zero-order valence-electron chi connectivity index (χ0n) is 31.4. The standard InChI is InChI=1S/C14H23BrN2.C10H13Br2N.C6H3Br3.2C4H11N/c1-5-16(6-2)13-9-12(15)10-14(11-13)17(7-3)8-4;1-3-13(4-2)10-6-8(11)5-9(12)7-10;7-4-1-5(8)3-6(9)2-4;2*1-3-5-4-2/h9-11H,5-8H2,1-4H3;5-7H,3-4H2,1-2H3;1-3H;2*5H,3-4H2,1-2H3. The topological polar surface area (TPSA) is 33.8 Å². The molecular formula is C38H61Br6N5. The van der Waals surface area contributed by atoms with Crippen LogP contribution in [0.3, 0.4) is 0 Å². The van der Waals surface area contributed by atoms with Crippen molar-refractivity contribution in [2.75, 3.05) is 80.1 Å². The molecule has 49 heavy (non-hydrogen) atoms. The van der Waals surface area contributed by atoms with Gasteiger partial charge in [-0.1, -0.05) is 123 Å². The Morgan fingerprint density at radius 1 is 0.327 bits per heavy atom. The molecular weight excluding hydrogens is 1010 g/mol. The maximum absolute atomic E-state index is 3.61. The van der Waals surface area contributed by atoms with E-state index in [0.29, 0.717) is 0 Å². The van der Waals surface area contributed by atoms with E-state index in [0.717, 1.165) is 92.3 Å². The van der Waals surface area contributed by atoms with E-state index >= 15 is 0 Å². The van der Waals surface area contributed by atoms with Gasteiger partial charge in [-0.05, 0) is 122 Å². The Balaban J connectivity index is 0. The second-order valence-electron chi connectivity index (χ2n) is 10.3. The van der Waals surface area contributed by atoms with Crippen LogP contribution in [0.2, 0.25) is 0 Å². The number of nitrogens with one attached hydrogen (secondary N) is 2. The summed E-state index contributed by atoms with van der Waals surface area (Å²) in [6.45, 7) is 32.2. The Morgan fingerprint density at radius 2 is 0.510 bits per heavy atom. The van der Waals surface area contributed by atoms with Crippen molar-refractivity contribution in [1.29, 1.82) is 0 Å². The zero-order valence-corrected chi connectivity index (χ0v) is 40.9. The molecule has 0 atom stereocenters. The molecule has 0 unspecified atom stereocenters. The first-order valence-corrected chi connectivity index (χ1v) is 22.1. The molecule has 0 saturated heterocycles. The highest BCUT2D eigenvalue weighted by Crippen LogP contribution is 2.28. The number of hydrogen-bond donors (Lipinski definition) is 2. The summed E-state index contributed by atoms with van der Waals surface area (Å²) >= 11 is 20.6. The average molecular weight is 1070 g/mol. The summed E-state index contributed by atoms with van der Waals surface area (Å²) in [5, 5.41) is 6.22. The molecule has 0 saturated carbocycles. The fourth-order valence-corrected chi connectivity index (χ4v) is 8.57. The maximum Gasteiger partial charge on any atom is 0.0398 e. The third-order valence-corrected chi connectivity index (χ3v) is 9.67. The van der Waals surface area contributed by atoms with E-state index in [1.54, 1.807) is 0 Å². The van der Waals surface area contributed by atoms with Crippen LogP contribution in [0, 0.1) is 0 Å². The van der Waals surface area contributed by atoms with Gasteiger partial charge in [0, 0.05) is 83.2 Å².